The molecule has 0 spiro atoms. The molecule has 1 unspecified atom stereocenters. The number of nitrogens with one attached hydrogen (secondary N) is 1. The number of rotatable bonds is 5. The molecule has 0 radical (unpaired) electrons. The fourth-order valence-electron chi connectivity index (χ4n) is 3.15. The van der Waals surface area contributed by atoms with Crippen molar-refractivity contribution in [1.29, 1.82) is 0 Å². The summed E-state index contributed by atoms with van der Waals surface area (Å²) in [7, 11) is -1.75. The monoisotopic (exact) mass is 346 g/mol. The van der Waals surface area contributed by atoms with Crippen LogP contribution >= 0.6 is 0 Å². The van der Waals surface area contributed by atoms with E-state index in [2.05, 4.69) is 68.3 Å². The molecule has 0 amide bonds. The SMILES string of the molecule is CC(C)(C)[Si](C)(C)OC(c1cccc(N2CCNCC2)c1)C1CC1. The summed E-state index contributed by atoms with van der Waals surface area (Å²) in [4.78, 5) is 2.50. The van der Waals surface area contributed by atoms with Crippen LogP contribution in [-0.2, 0) is 4.43 Å². The van der Waals surface area contributed by atoms with Crippen LogP contribution in [0.4, 0.5) is 5.69 Å². The van der Waals surface area contributed by atoms with Gasteiger partial charge >= 0.3 is 0 Å². The standard InChI is InChI=1S/C20H34N2OSi/c1-20(2,3)24(4,5)23-19(16-9-10-16)17-7-6-8-18(15-17)22-13-11-21-12-14-22/h6-8,15-16,19,21H,9-14H2,1-5H3. The molecular formula is C20H34N2OSi. The molecule has 1 atom stereocenters. The van der Waals surface area contributed by atoms with E-state index < -0.39 is 8.32 Å². The zero-order valence-corrected chi connectivity index (χ0v) is 17.1. The van der Waals surface area contributed by atoms with E-state index in [4.69, 9.17) is 4.43 Å². The second kappa shape index (κ2) is 6.81. The molecule has 2 aliphatic rings. The van der Waals surface area contributed by atoms with Crippen molar-refractivity contribution in [3.8, 4) is 0 Å². The molecule has 2 fully saturated rings. The summed E-state index contributed by atoms with van der Waals surface area (Å²) in [5.41, 5.74) is 2.75. The van der Waals surface area contributed by atoms with Crippen LogP contribution in [0.3, 0.4) is 0 Å². The Kier molecular flexibility index (Phi) is 5.10. The molecule has 0 bridgehead atoms. The number of hydrogen-bond acceptors (Lipinski definition) is 3. The molecule has 1 aliphatic heterocycles. The maximum absolute atomic E-state index is 6.86. The molecule has 1 aromatic carbocycles. The van der Waals surface area contributed by atoms with Crippen molar-refractivity contribution in [1.82, 2.24) is 5.32 Å². The van der Waals surface area contributed by atoms with E-state index in [0.717, 1.165) is 32.1 Å². The molecule has 1 heterocycles. The van der Waals surface area contributed by atoms with Crippen LogP contribution in [0, 0.1) is 5.92 Å². The summed E-state index contributed by atoms with van der Waals surface area (Å²) in [6.07, 6.45) is 2.92. The van der Waals surface area contributed by atoms with Crippen LogP contribution < -0.4 is 10.2 Å². The average molecular weight is 347 g/mol. The minimum atomic E-state index is -1.75. The zero-order valence-electron chi connectivity index (χ0n) is 16.1. The van der Waals surface area contributed by atoms with Crippen molar-refractivity contribution in [2.24, 2.45) is 5.92 Å². The quantitative estimate of drug-likeness (QED) is 0.791. The maximum atomic E-state index is 6.86. The van der Waals surface area contributed by atoms with Crippen LogP contribution in [0.5, 0.6) is 0 Å². The lowest BCUT2D eigenvalue weighted by molar-refractivity contribution is 0.161. The van der Waals surface area contributed by atoms with Gasteiger partial charge < -0.3 is 14.6 Å². The van der Waals surface area contributed by atoms with Crippen molar-refractivity contribution in [3.63, 3.8) is 0 Å². The van der Waals surface area contributed by atoms with Gasteiger partial charge in [0.15, 0.2) is 8.32 Å². The maximum Gasteiger partial charge on any atom is 0.192 e. The first-order valence-corrected chi connectivity index (χ1v) is 12.4. The lowest BCUT2D eigenvalue weighted by atomic mass is 10.0. The van der Waals surface area contributed by atoms with E-state index >= 15 is 0 Å². The van der Waals surface area contributed by atoms with Crippen LogP contribution in [0.1, 0.15) is 45.3 Å². The van der Waals surface area contributed by atoms with Gasteiger partial charge in [-0.25, -0.2) is 0 Å². The Morgan fingerprint density at radius 3 is 2.42 bits per heavy atom. The van der Waals surface area contributed by atoms with Gasteiger partial charge in [0.1, 0.15) is 0 Å². The summed E-state index contributed by atoms with van der Waals surface area (Å²) in [6.45, 7) is 16.1. The summed E-state index contributed by atoms with van der Waals surface area (Å²) >= 11 is 0. The van der Waals surface area contributed by atoms with Crippen molar-refractivity contribution in [2.75, 3.05) is 31.1 Å². The summed E-state index contributed by atoms with van der Waals surface area (Å²) in [6, 6.07) is 9.14. The molecule has 1 saturated carbocycles. The third-order valence-electron chi connectivity index (χ3n) is 5.96. The first-order valence-electron chi connectivity index (χ1n) is 9.51. The highest BCUT2D eigenvalue weighted by atomic mass is 28.4. The molecular weight excluding hydrogens is 312 g/mol. The molecule has 24 heavy (non-hydrogen) atoms. The average Bonchev–Trinajstić information content (AvgIpc) is 3.37. The van der Waals surface area contributed by atoms with Gasteiger partial charge in [0.2, 0.25) is 0 Å². The molecule has 0 aromatic heterocycles. The Hall–Kier alpha value is -0.843. The Labute approximate surface area is 148 Å². The number of benzene rings is 1. The smallest absolute Gasteiger partial charge is 0.192 e. The lowest BCUT2D eigenvalue weighted by Crippen LogP contribution is -2.43. The highest BCUT2D eigenvalue weighted by Crippen LogP contribution is 2.48. The molecule has 1 saturated heterocycles. The molecule has 3 rings (SSSR count). The van der Waals surface area contributed by atoms with Gasteiger partial charge in [-0.3, -0.25) is 0 Å². The Bertz CT molecular complexity index is 557. The lowest BCUT2D eigenvalue weighted by Gasteiger charge is -2.40. The summed E-state index contributed by atoms with van der Waals surface area (Å²) < 4.78 is 6.86. The topological polar surface area (TPSA) is 24.5 Å². The summed E-state index contributed by atoms with van der Waals surface area (Å²) in [5.74, 6) is 0.720. The fourth-order valence-corrected chi connectivity index (χ4v) is 4.47. The van der Waals surface area contributed by atoms with E-state index in [0.29, 0.717) is 0 Å². The third kappa shape index (κ3) is 4.03. The highest BCUT2D eigenvalue weighted by Gasteiger charge is 2.43. The second-order valence-electron chi connectivity index (χ2n) is 8.97. The van der Waals surface area contributed by atoms with Gasteiger partial charge in [0.25, 0.3) is 0 Å². The third-order valence-corrected chi connectivity index (χ3v) is 10.4. The number of nitrogens with zero attached hydrogens (tertiary/aromatic N) is 1. The van der Waals surface area contributed by atoms with Crippen molar-refractivity contribution in [3.05, 3.63) is 29.8 Å². The zero-order chi connectivity index (χ0) is 17.4. The molecule has 134 valence electrons. The van der Waals surface area contributed by atoms with Crippen molar-refractivity contribution in [2.45, 2.75) is 57.8 Å². The molecule has 1 aromatic rings. The largest absolute Gasteiger partial charge is 0.410 e. The van der Waals surface area contributed by atoms with E-state index in [9.17, 15) is 0 Å². The van der Waals surface area contributed by atoms with E-state index in [1.165, 1.54) is 24.1 Å². The minimum Gasteiger partial charge on any atom is -0.410 e. The first kappa shape index (κ1) is 18.0. The van der Waals surface area contributed by atoms with Crippen LogP contribution in [0.25, 0.3) is 0 Å². The van der Waals surface area contributed by atoms with Crippen molar-refractivity contribution < 1.29 is 4.43 Å². The molecule has 1 aliphatic carbocycles. The van der Waals surface area contributed by atoms with E-state index in [1.54, 1.807) is 0 Å². The molecule has 1 N–H and O–H groups in total. The summed E-state index contributed by atoms with van der Waals surface area (Å²) in [5, 5.41) is 3.70. The Morgan fingerprint density at radius 1 is 1.17 bits per heavy atom. The molecule has 3 nitrogen and oxygen atoms in total. The minimum absolute atomic E-state index is 0.260. The van der Waals surface area contributed by atoms with Crippen LogP contribution in [0.15, 0.2) is 24.3 Å². The predicted octanol–water partition coefficient (Wildman–Crippen LogP) is 4.57. The normalized spacial score (nSPS) is 21.0. The van der Waals surface area contributed by atoms with Gasteiger partial charge in [-0.05, 0) is 54.6 Å². The fraction of sp³-hybridized carbons (Fsp3) is 0.700. The van der Waals surface area contributed by atoms with Crippen LogP contribution in [-0.4, -0.2) is 34.5 Å². The predicted molar refractivity (Wildman–Crippen MR) is 105 cm³/mol. The number of piperazine rings is 1. The van der Waals surface area contributed by atoms with Gasteiger partial charge in [-0.2, -0.15) is 0 Å². The number of anilines is 1. The van der Waals surface area contributed by atoms with Crippen molar-refractivity contribution >= 4 is 14.0 Å². The highest BCUT2D eigenvalue weighted by molar-refractivity contribution is 6.74. The van der Waals surface area contributed by atoms with Gasteiger partial charge in [0.05, 0.1) is 6.10 Å². The number of hydrogen-bond donors (Lipinski definition) is 1. The van der Waals surface area contributed by atoms with E-state index in [1.807, 2.05) is 0 Å². The molecule has 4 heteroatoms. The first-order chi connectivity index (χ1) is 11.3. The van der Waals surface area contributed by atoms with Crippen LogP contribution in [0.2, 0.25) is 18.1 Å². The van der Waals surface area contributed by atoms with Gasteiger partial charge in [-0.15, -0.1) is 0 Å². The Morgan fingerprint density at radius 2 is 1.83 bits per heavy atom. The van der Waals surface area contributed by atoms with E-state index in [-0.39, 0.29) is 11.1 Å². The Balaban J connectivity index is 1.81. The second-order valence-corrected chi connectivity index (χ2v) is 13.7. The van der Waals surface area contributed by atoms with Gasteiger partial charge in [-0.1, -0.05) is 32.9 Å². The van der Waals surface area contributed by atoms with Gasteiger partial charge in [0, 0.05) is 31.9 Å².